The number of carbonyl (C=O) groups is 1. The van der Waals surface area contributed by atoms with Crippen molar-refractivity contribution in [3.63, 3.8) is 0 Å². The third-order valence-electron chi connectivity index (χ3n) is 2.96. The minimum atomic E-state index is -2.91. The Hall–Kier alpha value is -2.50. The fourth-order valence-corrected chi connectivity index (χ4v) is 1.83. The molecule has 0 unspecified atom stereocenters. The quantitative estimate of drug-likeness (QED) is 0.599. The summed E-state index contributed by atoms with van der Waals surface area (Å²) in [5, 5.41) is 4.09. The van der Waals surface area contributed by atoms with Crippen molar-refractivity contribution in [3.05, 3.63) is 53.9 Å². The van der Waals surface area contributed by atoms with Crippen LogP contribution in [0.25, 0.3) is 6.08 Å². The minimum Gasteiger partial charge on any atom is -0.434 e. The first kappa shape index (κ1) is 15.9. The number of benzene rings is 1. The van der Waals surface area contributed by atoms with Crippen molar-refractivity contribution in [2.24, 2.45) is 0 Å². The van der Waals surface area contributed by atoms with Crippen LogP contribution < -0.4 is 4.74 Å². The summed E-state index contributed by atoms with van der Waals surface area (Å²) in [7, 11) is 0. The molecule has 22 heavy (non-hydrogen) atoms. The van der Waals surface area contributed by atoms with Gasteiger partial charge in [0.2, 0.25) is 0 Å². The molecular weight excluding hydrogens is 290 g/mol. The Balaban J connectivity index is 2.15. The van der Waals surface area contributed by atoms with Gasteiger partial charge < -0.3 is 4.74 Å². The van der Waals surface area contributed by atoms with Crippen molar-refractivity contribution in [2.45, 2.75) is 26.5 Å². The molecular formula is C16H16F2N2O2. The number of allylic oxidation sites excluding steroid dienone is 1. The predicted molar refractivity (Wildman–Crippen MR) is 79.1 cm³/mol. The molecule has 1 heterocycles. The number of ether oxygens (including phenoxy) is 1. The van der Waals surface area contributed by atoms with E-state index >= 15 is 0 Å². The molecule has 0 saturated carbocycles. The summed E-state index contributed by atoms with van der Waals surface area (Å²) in [5.74, 6) is -0.224. The summed E-state index contributed by atoms with van der Waals surface area (Å²) in [4.78, 5) is 12.1. The average molecular weight is 306 g/mol. The highest BCUT2D eigenvalue weighted by atomic mass is 19.3. The molecule has 0 fully saturated rings. The van der Waals surface area contributed by atoms with Gasteiger partial charge in [0.15, 0.2) is 5.78 Å². The number of nitrogens with zero attached hydrogens (tertiary/aromatic N) is 2. The van der Waals surface area contributed by atoms with Crippen LogP contribution in [0.15, 0.2) is 42.7 Å². The molecule has 1 aromatic heterocycles. The van der Waals surface area contributed by atoms with Crippen LogP contribution in [0, 0.1) is 0 Å². The summed E-state index contributed by atoms with van der Waals surface area (Å²) >= 11 is 0. The molecule has 0 spiro atoms. The lowest BCUT2D eigenvalue weighted by Crippen LogP contribution is -2.03. The van der Waals surface area contributed by atoms with Crippen LogP contribution in [-0.4, -0.2) is 22.2 Å². The van der Waals surface area contributed by atoms with Crippen LogP contribution in [0.2, 0.25) is 0 Å². The van der Waals surface area contributed by atoms with Gasteiger partial charge in [-0.25, -0.2) is 0 Å². The fourth-order valence-electron chi connectivity index (χ4n) is 1.83. The van der Waals surface area contributed by atoms with Crippen LogP contribution in [0.1, 0.15) is 35.8 Å². The molecule has 6 heteroatoms. The van der Waals surface area contributed by atoms with Crippen LogP contribution in [-0.2, 0) is 0 Å². The van der Waals surface area contributed by atoms with Crippen molar-refractivity contribution in [1.82, 2.24) is 9.78 Å². The predicted octanol–water partition coefficient (Wildman–Crippen LogP) is 3.96. The zero-order valence-corrected chi connectivity index (χ0v) is 12.2. The standard InChI is InChI=1S/C16H16F2N2O2/c1-11(2)20-10-13(9-19-20)14(21)8-7-12-5-3-4-6-15(12)22-16(17)18/h3-11,16H,1-2H3/b8-7+. The van der Waals surface area contributed by atoms with Crippen molar-refractivity contribution in [1.29, 1.82) is 0 Å². The number of rotatable bonds is 6. The average Bonchev–Trinajstić information content (AvgIpc) is 2.95. The Kier molecular flexibility index (Phi) is 5.04. The summed E-state index contributed by atoms with van der Waals surface area (Å²) < 4.78 is 30.7. The van der Waals surface area contributed by atoms with E-state index < -0.39 is 6.61 Å². The molecule has 0 atom stereocenters. The topological polar surface area (TPSA) is 44.1 Å². The third kappa shape index (κ3) is 4.00. The number of aromatic nitrogens is 2. The van der Waals surface area contributed by atoms with Gasteiger partial charge in [0, 0.05) is 17.8 Å². The molecule has 0 aliphatic carbocycles. The maximum atomic E-state index is 12.3. The van der Waals surface area contributed by atoms with Crippen molar-refractivity contribution < 1.29 is 18.3 Å². The molecule has 116 valence electrons. The number of ketones is 1. The number of para-hydroxylation sites is 1. The zero-order valence-electron chi connectivity index (χ0n) is 12.2. The maximum Gasteiger partial charge on any atom is 0.387 e. The number of halogens is 2. The highest BCUT2D eigenvalue weighted by Gasteiger charge is 2.09. The van der Waals surface area contributed by atoms with E-state index in [2.05, 4.69) is 9.84 Å². The number of carbonyl (C=O) groups excluding carboxylic acids is 1. The van der Waals surface area contributed by atoms with Crippen LogP contribution in [0.4, 0.5) is 8.78 Å². The van der Waals surface area contributed by atoms with Gasteiger partial charge in [-0.05, 0) is 32.1 Å². The Morgan fingerprint density at radius 3 is 2.68 bits per heavy atom. The molecule has 0 saturated heterocycles. The first-order valence-corrected chi connectivity index (χ1v) is 6.78. The molecule has 2 rings (SSSR count). The molecule has 0 radical (unpaired) electrons. The maximum absolute atomic E-state index is 12.3. The second-order valence-electron chi connectivity index (χ2n) is 4.92. The Bertz CT molecular complexity index is 678. The molecule has 2 aromatic rings. The molecule has 0 aliphatic heterocycles. The molecule has 1 aromatic carbocycles. The van der Waals surface area contributed by atoms with Crippen LogP contribution in [0.3, 0.4) is 0 Å². The van der Waals surface area contributed by atoms with Crippen LogP contribution >= 0.6 is 0 Å². The van der Waals surface area contributed by atoms with Gasteiger partial charge in [0.05, 0.1) is 11.8 Å². The largest absolute Gasteiger partial charge is 0.434 e. The van der Waals surface area contributed by atoms with Gasteiger partial charge >= 0.3 is 6.61 Å². The Morgan fingerprint density at radius 1 is 1.32 bits per heavy atom. The lowest BCUT2D eigenvalue weighted by Gasteiger charge is -2.07. The summed E-state index contributed by atoms with van der Waals surface area (Å²) in [5.41, 5.74) is 0.851. The highest BCUT2D eigenvalue weighted by Crippen LogP contribution is 2.21. The molecule has 0 aliphatic rings. The van der Waals surface area contributed by atoms with E-state index in [0.717, 1.165) is 0 Å². The summed E-state index contributed by atoms with van der Waals surface area (Å²) in [6.45, 7) is 0.999. The SMILES string of the molecule is CC(C)n1cc(C(=O)/C=C/c2ccccc2OC(F)F)cn1. The summed E-state index contributed by atoms with van der Waals surface area (Å²) in [6.07, 6.45) is 5.90. The van der Waals surface area contributed by atoms with E-state index in [1.54, 1.807) is 29.1 Å². The number of alkyl halides is 2. The number of hydrogen-bond donors (Lipinski definition) is 0. The first-order chi connectivity index (χ1) is 10.5. The monoisotopic (exact) mass is 306 g/mol. The minimum absolute atomic E-state index is 0.0272. The highest BCUT2D eigenvalue weighted by molar-refractivity contribution is 6.06. The summed E-state index contributed by atoms with van der Waals surface area (Å²) in [6, 6.07) is 6.44. The van der Waals surface area contributed by atoms with Crippen molar-refractivity contribution in [3.8, 4) is 5.75 Å². The van der Waals surface area contributed by atoms with E-state index in [1.165, 1.54) is 24.4 Å². The third-order valence-corrected chi connectivity index (χ3v) is 2.96. The van der Waals surface area contributed by atoms with Gasteiger partial charge in [0.1, 0.15) is 5.75 Å². The smallest absolute Gasteiger partial charge is 0.387 e. The normalized spacial score (nSPS) is 11.5. The van der Waals surface area contributed by atoms with Crippen molar-refractivity contribution in [2.75, 3.05) is 0 Å². The molecule has 4 nitrogen and oxygen atoms in total. The molecule has 0 amide bonds. The fraction of sp³-hybridized carbons (Fsp3) is 0.250. The second kappa shape index (κ2) is 6.98. The van der Waals surface area contributed by atoms with Gasteiger partial charge in [-0.1, -0.05) is 18.2 Å². The van der Waals surface area contributed by atoms with Crippen LogP contribution in [0.5, 0.6) is 5.75 Å². The zero-order chi connectivity index (χ0) is 16.1. The van der Waals surface area contributed by atoms with Gasteiger partial charge in [-0.2, -0.15) is 13.9 Å². The molecule has 0 bridgehead atoms. The molecule has 0 N–H and O–H groups in total. The van der Waals surface area contributed by atoms with E-state index in [0.29, 0.717) is 11.1 Å². The van der Waals surface area contributed by atoms with Gasteiger partial charge in [-0.15, -0.1) is 0 Å². The van der Waals surface area contributed by atoms with E-state index in [4.69, 9.17) is 0 Å². The van der Waals surface area contributed by atoms with E-state index in [9.17, 15) is 13.6 Å². The second-order valence-corrected chi connectivity index (χ2v) is 4.92. The van der Waals surface area contributed by atoms with E-state index in [1.807, 2.05) is 13.8 Å². The first-order valence-electron chi connectivity index (χ1n) is 6.78. The Morgan fingerprint density at radius 2 is 2.05 bits per heavy atom. The lowest BCUT2D eigenvalue weighted by molar-refractivity contribution is -0.0499. The Labute approximate surface area is 127 Å². The lowest BCUT2D eigenvalue weighted by atomic mass is 10.1. The van der Waals surface area contributed by atoms with Gasteiger partial charge in [0.25, 0.3) is 0 Å². The van der Waals surface area contributed by atoms with Crippen molar-refractivity contribution >= 4 is 11.9 Å². The van der Waals surface area contributed by atoms with Gasteiger partial charge in [-0.3, -0.25) is 9.48 Å². The van der Waals surface area contributed by atoms with E-state index in [-0.39, 0.29) is 17.6 Å². The number of hydrogen-bond acceptors (Lipinski definition) is 3.